The van der Waals surface area contributed by atoms with Gasteiger partial charge in [0, 0.05) is 9.92 Å². The molecule has 2 rings (SSSR count). The summed E-state index contributed by atoms with van der Waals surface area (Å²) in [4.78, 5) is 9.92. The van der Waals surface area contributed by atoms with Crippen LogP contribution in [0.4, 0.5) is 5.82 Å². The predicted octanol–water partition coefficient (Wildman–Crippen LogP) is 4.33. The Bertz CT molecular complexity index is 575. The molecule has 2 aromatic rings. The molecule has 0 saturated carbocycles. The molecule has 0 saturated heterocycles. The zero-order chi connectivity index (χ0) is 13.8. The van der Waals surface area contributed by atoms with Crippen LogP contribution in [0.15, 0.2) is 33.6 Å². The van der Waals surface area contributed by atoms with Crippen molar-refractivity contribution in [3.63, 3.8) is 0 Å². The fourth-order valence-electron chi connectivity index (χ4n) is 1.54. The van der Waals surface area contributed by atoms with Crippen LogP contribution in [0.1, 0.15) is 18.4 Å². The fourth-order valence-corrected chi connectivity index (χ4v) is 2.88. The zero-order valence-electron chi connectivity index (χ0n) is 10.4. The summed E-state index contributed by atoms with van der Waals surface area (Å²) in [6, 6.07) is 7.71. The van der Waals surface area contributed by atoms with Crippen molar-refractivity contribution in [2.45, 2.75) is 24.0 Å². The lowest BCUT2D eigenvalue weighted by Gasteiger charge is -2.07. The van der Waals surface area contributed by atoms with Gasteiger partial charge in [0.2, 0.25) is 0 Å². The number of aryl methyl sites for hydroxylation is 1. The summed E-state index contributed by atoms with van der Waals surface area (Å²) in [7, 11) is 0. The molecule has 1 aromatic heterocycles. The van der Waals surface area contributed by atoms with Gasteiger partial charge in [0.15, 0.2) is 0 Å². The average molecular weight is 359 g/mol. The highest BCUT2D eigenvalue weighted by atomic mass is 79.9. The third kappa shape index (κ3) is 3.84. The molecule has 3 nitrogen and oxygen atoms in total. The van der Waals surface area contributed by atoms with Gasteiger partial charge < -0.3 is 5.73 Å². The number of rotatable bonds is 4. The highest BCUT2D eigenvalue weighted by molar-refractivity contribution is 9.10. The molecule has 0 spiro atoms. The molecule has 0 amide bonds. The summed E-state index contributed by atoms with van der Waals surface area (Å²) in [5.41, 5.74) is 6.80. The highest BCUT2D eigenvalue weighted by Crippen LogP contribution is 2.26. The second-order valence-corrected chi connectivity index (χ2v) is 6.16. The molecule has 0 unspecified atom stereocenters. The summed E-state index contributed by atoms with van der Waals surface area (Å²) in [5, 5.41) is 0.738. The van der Waals surface area contributed by atoms with Crippen LogP contribution in [-0.4, -0.2) is 9.97 Å². The lowest BCUT2D eigenvalue weighted by Crippen LogP contribution is -2.04. The lowest BCUT2D eigenvalue weighted by molar-refractivity contribution is 0.934. The Kier molecular flexibility index (Phi) is 5.07. The third-order valence-electron chi connectivity index (χ3n) is 2.51. The molecule has 2 N–H and O–H groups in total. The third-order valence-corrected chi connectivity index (χ3v) is 4.63. The average Bonchev–Trinajstić information content (AvgIpc) is 2.41. The minimum absolute atomic E-state index is 0.499. The molecule has 0 aliphatic carbocycles. The van der Waals surface area contributed by atoms with Crippen LogP contribution in [0, 0.1) is 0 Å². The number of nitrogens with two attached hydrogens (primary N) is 1. The van der Waals surface area contributed by atoms with Crippen LogP contribution < -0.4 is 5.73 Å². The van der Waals surface area contributed by atoms with Gasteiger partial charge in [0.05, 0.1) is 15.9 Å². The van der Waals surface area contributed by atoms with Crippen molar-refractivity contribution in [2.24, 2.45) is 0 Å². The van der Waals surface area contributed by atoms with Gasteiger partial charge in [-0.15, -0.1) is 11.8 Å². The second kappa shape index (κ2) is 6.59. The standard InChI is InChI=1S/C13H13BrClN3S/c1-2-10-12(14)13(16)18-11(17-10)7-19-9-5-3-8(15)4-6-9/h3-6H,2,7H2,1H3,(H2,16,17,18). The zero-order valence-corrected chi connectivity index (χ0v) is 13.5. The second-order valence-electron chi connectivity index (χ2n) is 3.88. The van der Waals surface area contributed by atoms with E-state index in [0.717, 1.165) is 32.3 Å². The van der Waals surface area contributed by atoms with Crippen LogP contribution in [0.2, 0.25) is 5.02 Å². The molecule has 1 heterocycles. The van der Waals surface area contributed by atoms with Crippen LogP contribution >= 0.6 is 39.3 Å². The Balaban J connectivity index is 2.11. The van der Waals surface area contributed by atoms with Gasteiger partial charge in [-0.25, -0.2) is 9.97 Å². The number of aromatic nitrogens is 2. The normalized spacial score (nSPS) is 10.7. The van der Waals surface area contributed by atoms with E-state index < -0.39 is 0 Å². The van der Waals surface area contributed by atoms with E-state index in [-0.39, 0.29) is 0 Å². The van der Waals surface area contributed by atoms with Gasteiger partial charge in [0.1, 0.15) is 11.6 Å². The first-order valence-corrected chi connectivity index (χ1v) is 7.95. The van der Waals surface area contributed by atoms with E-state index in [1.807, 2.05) is 31.2 Å². The van der Waals surface area contributed by atoms with Crippen molar-refractivity contribution in [3.8, 4) is 0 Å². The number of nitrogen functional groups attached to an aromatic ring is 1. The van der Waals surface area contributed by atoms with Gasteiger partial charge in [-0.3, -0.25) is 0 Å². The molecule has 0 radical (unpaired) electrons. The van der Waals surface area contributed by atoms with E-state index >= 15 is 0 Å². The maximum atomic E-state index is 5.86. The maximum Gasteiger partial charge on any atom is 0.141 e. The van der Waals surface area contributed by atoms with Gasteiger partial charge in [-0.1, -0.05) is 18.5 Å². The van der Waals surface area contributed by atoms with Crippen molar-refractivity contribution >= 4 is 45.1 Å². The van der Waals surface area contributed by atoms with Crippen LogP contribution in [-0.2, 0) is 12.2 Å². The molecule has 0 aliphatic heterocycles. The van der Waals surface area contributed by atoms with Gasteiger partial charge in [-0.05, 0) is 46.6 Å². The van der Waals surface area contributed by atoms with Crippen molar-refractivity contribution in [1.82, 2.24) is 9.97 Å². The van der Waals surface area contributed by atoms with E-state index in [1.165, 1.54) is 0 Å². The number of benzene rings is 1. The summed E-state index contributed by atoms with van der Waals surface area (Å²) < 4.78 is 0.801. The van der Waals surface area contributed by atoms with Crippen molar-refractivity contribution in [3.05, 3.63) is 45.3 Å². The van der Waals surface area contributed by atoms with Gasteiger partial charge in [0.25, 0.3) is 0 Å². The number of anilines is 1. The highest BCUT2D eigenvalue weighted by Gasteiger charge is 2.08. The number of hydrogen-bond acceptors (Lipinski definition) is 4. The number of halogens is 2. The Hall–Kier alpha value is -0.780. The first kappa shape index (κ1) is 14.6. The summed E-state index contributed by atoms with van der Waals surface area (Å²) in [6.07, 6.45) is 0.825. The van der Waals surface area contributed by atoms with Crippen LogP contribution in [0.3, 0.4) is 0 Å². The summed E-state index contributed by atoms with van der Waals surface area (Å²) in [6.45, 7) is 2.04. The largest absolute Gasteiger partial charge is 0.383 e. The molecular weight excluding hydrogens is 346 g/mol. The fraction of sp³-hybridized carbons (Fsp3) is 0.231. The van der Waals surface area contributed by atoms with Crippen LogP contribution in [0.25, 0.3) is 0 Å². The minimum atomic E-state index is 0.499. The molecule has 0 aliphatic rings. The van der Waals surface area contributed by atoms with Gasteiger partial charge >= 0.3 is 0 Å². The summed E-state index contributed by atoms with van der Waals surface area (Å²) in [5.74, 6) is 1.93. The monoisotopic (exact) mass is 357 g/mol. The molecule has 0 atom stereocenters. The Morgan fingerprint density at radius 2 is 1.95 bits per heavy atom. The molecule has 0 bridgehead atoms. The lowest BCUT2D eigenvalue weighted by atomic mass is 10.3. The van der Waals surface area contributed by atoms with Crippen molar-refractivity contribution in [1.29, 1.82) is 0 Å². The first-order chi connectivity index (χ1) is 9.10. The molecule has 100 valence electrons. The molecule has 19 heavy (non-hydrogen) atoms. The quantitative estimate of drug-likeness (QED) is 0.827. The molecule has 0 fully saturated rings. The molecule has 1 aromatic carbocycles. The van der Waals surface area contributed by atoms with Crippen molar-refractivity contribution < 1.29 is 0 Å². The first-order valence-electron chi connectivity index (χ1n) is 5.79. The van der Waals surface area contributed by atoms with E-state index in [0.29, 0.717) is 11.6 Å². The van der Waals surface area contributed by atoms with Gasteiger partial charge in [-0.2, -0.15) is 0 Å². The molecular formula is C13H13BrClN3S. The topological polar surface area (TPSA) is 51.8 Å². The Morgan fingerprint density at radius 3 is 2.58 bits per heavy atom. The van der Waals surface area contributed by atoms with E-state index in [1.54, 1.807) is 11.8 Å². The van der Waals surface area contributed by atoms with E-state index in [4.69, 9.17) is 17.3 Å². The smallest absolute Gasteiger partial charge is 0.141 e. The predicted molar refractivity (Wildman–Crippen MR) is 84.5 cm³/mol. The number of nitrogens with zero attached hydrogens (tertiary/aromatic N) is 2. The molecule has 6 heteroatoms. The number of hydrogen-bond donors (Lipinski definition) is 1. The number of thioether (sulfide) groups is 1. The van der Waals surface area contributed by atoms with Crippen molar-refractivity contribution in [2.75, 3.05) is 5.73 Å². The Labute approximate surface area is 130 Å². The van der Waals surface area contributed by atoms with E-state index in [2.05, 4.69) is 25.9 Å². The summed E-state index contributed by atoms with van der Waals surface area (Å²) >= 11 is 10.9. The maximum absolute atomic E-state index is 5.86. The minimum Gasteiger partial charge on any atom is -0.383 e. The van der Waals surface area contributed by atoms with E-state index in [9.17, 15) is 0 Å². The van der Waals surface area contributed by atoms with Crippen LogP contribution in [0.5, 0.6) is 0 Å². The SMILES string of the molecule is CCc1nc(CSc2ccc(Cl)cc2)nc(N)c1Br. The Morgan fingerprint density at radius 1 is 1.26 bits per heavy atom.